The summed E-state index contributed by atoms with van der Waals surface area (Å²) in [4.78, 5) is 12.0. The lowest BCUT2D eigenvalue weighted by molar-refractivity contribution is -0.117. The predicted octanol–water partition coefficient (Wildman–Crippen LogP) is 3.01. The number of amides is 1. The van der Waals surface area contributed by atoms with E-state index in [9.17, 15) is 4.79 Å². The van der Waals surface area contributed by atoms with Crippen LogP contribution in [0.4, 0.5) is 0 Å². The number of fused-ring (bicyclic) bond motifs is 2. The zero-order chi connectivity index (χ0) is 13.9. The number of para-hydroxylation sites is 1. The van der Waals surface area contributed by atoms with Crippen molar-refractivity contribution in [2.45, 2.75) is 31.7 Å². The Balaban J connectivity index is 1.60. The van der Waals surface area contributed by atoms with Gasteiger partial charge in [-0.25, -0.2) is 0 Å². The van der Waals surface area contributed by atoms with Gasteiger partial charge in [-0.3, -0.25) is 4.79 Å². The third-order valence-corrected chi connectivity index (χ3v) is 4.62. The van der Waals surface area contributed by atoms with Crippen molar-refractivity contribution in [3.05, 3.63) is 35.9 Å². The van der Waals surface area contributed by atoms with Crippen LogP contribution in [0.5, 0.6) is 5.75 Å². The number of carbonyl (C=O) groups is 1. The molecule has 1 aromatic carbocycles. The summed E-state index contributed by atoms with van der Waals surface area (Å²) >= 11 is 0. The number of benzene rings is 1. The fraction of sp³-hybridized carbons (Fsp3) is 0.471. The summed E-state index contributed by atoms with van der Waals surface area (Å²) in [6.45, 7) is 0. The van der Waals surface area contributed by atoms with Crippen molar-refractivity contribution in [3.8, 4) is 5.75 Å². The first-order valence-corrected chi connectivity index (χ1v) is 7.38. The second-order valence-corrected chi connectivity index (χ2v) is 5.87. The molecule has 3 heteroatoms. The Kier molecular flexibility index (Phi) is 3.77. The van der Waals surface area contributed by atoms with Gasteiger partial charge in [-0.05, 0) is 43.2 Å². The molecule has 1 amide bonds. The normalized spacial score (nSPS) is 27.9. The minimum atomic E-state index is 0.00783. The van der Waals surface area contributed by atoms with Crippen LogP contribution in [0.25, 0.3) is 6.08 Å². The molecule has 106 valence electrons. The number of carbonyl (C=O) groups excluding carboxylic acids is 1. The van der Waals surface area contributed by atoms with Gasteiger partial charge in [-0.15, -0.1) is 0 Å². The first-order valence-electron chi connectivity index (χ1n) is 7.38. The molecule has 2 saturated carbocycles. The average molecular weight is 271 g/mol. The highest BCUT2D eigenvalue weighted by Gasteiger charge is 2.39. The number of hydrogen-bond acceptors (Lipinski definition) is 2. The van der Waals surface area contributed by atoms with E-state index in [0.29, 0.717) is 12.0 Å². The Morgan fingerprint density at radius 1 is 1.30 bits per heavy atom. The van der Waals surface area contributed by atoms with Crippen molar-refractivity contribution in [1.29, 1.82) is 0 Å². The molecule has 3 rings (SSSR count). The lowest BCUT2D eigenvalue weighted by Crippen LogP contribution is -2.37. The third-order valence-electron chi connectivity index (χ3n) is 4.62. The maximum atomic E-state index is 12.0. The molecule has 1 aromatic rings. The monoisotopic (exact) mass is 271 g/mol. The molecule has 0 saturated heterocycles. The van der Waals surface area contributed by atoms with Gasteiger partial charge < -0.3 is 10.1 Å². The van der Waals surface area contributed by atoms with Gasteiger partial charge in [0.2, 0.25) is 5.91 Å². The van der Waals surface area contributed by atoms with Crippen molar-refractivity contribution >= 4 is 12.0 Å². The van der Waals surface area contributed by atoms with Gasteiger partial charge in [0, 0.05) is 17.7 Å². The molecule has 3 nitrogen and oxygen atoms in total. The van der Waals surface area contributed by atoms with Crippen molar-refractivity contribution < 1.29 is 9.53 Å². The number of rotatable bonds is 4. The number of ether oxygens (including phenoxy) is 1. The fourth-order valence-electron chi connectivity index (χ4n) is 3.62. The Bertz CT molecular complexity index is 523. The number of methoxy groups -OCH3 is 1. The van der Waals surface area contributed by atoms with Crippen LogP contribution in [0.1, 0.15) is 31.2 Å². The summed E-state index contributed by atoms with van der Waals surface area (Å²) in [5.41, 5.74) is 0.929. The van der Waals surface area contributed by atoms with Crippen LogP contribution >= 0.6 is 0 Å². The molecule has 0 unspecified atom stereocenters. The first kappa shape index (κ1) is 13.2. The molecule has 2 fully saturated rings. The zero-order valence-corrected chi connectivity index (χ0v) is 11.8. The first-order chi connectivity index (χ1) is 9.76. The van der Waals surface area contributed by atoms with Crippen LogP contribution in [0, 0.1) is 11.8 Å². The highest BCUT2D eigenvalue weighted by atomic mass is 16.5. The van der Waals surface area contributed by atoms with Gasteiger partial charge in [-0.1, -0.05) is 24.6 Å². The van der Waals surface area contributed by atoms with E-state index in [4.69, 9.17) is 4.74 Å². The summed E-state index contributed by atoms with van der Waals surface area (Å²) in [5.74, 6) is 2.36. The molecule has 2 aliphatic rings. The van der Waals surface area contributed by atoms with E-state index in [1.807, 2.05) is 30.3 Å². The zero-order valence-electron chi connectivity index (χ0n) is 11.8. The van der Waals surface area contributed by atoms with Crippen LogP contribution in [0.2, 0.25) is 0 Å². The van der Waals surface area contributed by atoms with Gasteiger partial charge >= 0.3 is 0 Å². The lowest BCUT2D eigenvalue weighted by atomic mass is 9.95. The van der Waals surface area contributed by atoms with E-state index in [1.165, 1.54) is 25.7 Å². The van der Waals surface area contributed by atoms with E-state index >= 15 is 0 Å². The van der Waals surface area contributed by atoms with Crippen LogP contribution in [0.3, 0.4) is 0 Å². The van der Waals surface area contributed by atoms with Gasteiger partial charge in [0.25, 0.3) is 0 Å². The fourth-order valence-corrected chi connectivity index (χ4v) is 3.62. The van der Waals surface area contributed by atoms with Gasteiger partial charge in [-0.2, -0.15) is 0 Å². The minimum Gasteiger partial charge on any atom is -0.496 e. The summed E-state index contributed by atoms with van der Waals surface area (Å²) in [6.07, 6.45) is 8.55. The van der Waals surface area contributed by atoms with E-state index in [0.717, 1.165) is 17.2 Å². The Labute approximate surface area is 120 Å². The summed E-state index contributed by atoms with van der Waals surface area (Å²) in [5, 5.41) is 3.15. The highest BCUT2D eigenvalue weighted by molar-refractivity contribution is 5.92. The highest BCUT2D eigenvalue weighted by Crippen LogP contribution is 2.44. The smallest absolute Gasteiger partial charge is 0.244 e. The van der Waals surface area contributed by atoms with Crippen LogP contribution in [-0.2, 0) is 4.79 Å². The minimum absolute atomic E-state index is 0.00783. The van der Waals surface area contributed by atoms with E-state index in [-0.39, 0.29) is 5.91 Å². The van der Waals surface area contributed by atoms with Crippen molar-refractivity contribution in [2.75, 3.05) is 7.11 Å². The van der Waals surface area contributed by atoms with E-state index in [2.05, 4.69) is 5.32 Å². The Morgan fingerprint density at radius 2 is 2.15 bits per heavy atom. The molecule has 0 aromatic heterocycles. The quantitative estimate of drug-likeness (QED) is 0.855. The van der Waals surface area contributed by atoms with E-state index < -0.39 is 0 Å². The maximum Gasteiger partial charge on any atom is 0.244 e. The molecule has 0 spiro atoms. The van der Waals surface area contributed by atoms with E-state index in [1.54, 1.807) is 13.2 Å². The predicted molar refractivity (Wildman–Crippen MR) is 79.4 cm³/mol. The molecule has 3 atom stereocenters. The second-order valence-electron chi connectivity index (χ2n) is 5.87. The van der Waals surface area contributed by atoms with Gasteiger partial charge in [0.15, 0.2) is 0 Å². The Hall–Kier alpha value is -1.77. The van der Waals surface area contributed by atoms with Gasteiger partial charge in [0.1, 0.15) is 5.75 Å². The van der Waals surface area contributed by atoms with Crippen molar-refractivity contribution in [1.82, 2.24) is 5.32 Å². The molecule has 1 N–H and O–H groups in total. The van der Waals surface area contributed by atoms with Crippen LogP contribution < -0.4 is 10.1 Å². The van der Waals surface area contributed by atoms with Crippen LogP contribution in [0.15, 0.2) is 30.3 Å². The number of hydrogen-bond donors (Lipinski definition) is 1. The summed E-state index contributed by atoms with van der Waals surface area (Å²) < 4.78 is 5.27. The maximum absolute atomic E-state index is 12.0. The molecule has 2 aliphatic carbocycles. The molecule has 2 bridgehead atoms. The molecular weight excluding hydrogens is 250 g/mol. The standard InChI is InChI=1S/C17H21NO2/c1-20-16-5-3-2-4-13(16)8-9-17(19)18-15-11-12-6-7-14(15)10-12/h2-5,8-9,12,14-15H,6-7,10-11H2,1H3,(H,18,19)/b9-8+/t12-,14+,15-/m1/s1. The summed E-state index contributed by atoms with van der Waals surface area (Å²) in [6, 6.07) is 8.10. The molecule has 0 heterocycles. The SMILES string of the molecule is COc1ccccc1/C=C/C(=O)N[C@@H]1C[C@@H]2CC[C@H]1C2. The summed E-state index contributed by atoms with van der Waals surface area (Å²) in [7, 11) is 1.64. The molecular formula is C17H21NO2. The lowest BCUT2D eigenvalue weighted by Gasteiger charge is -2.22. The largest absolute Gasteiger partial charge is 0.496 e. The molecule has 0 aliphatic heterocycles. The van der Waals surface area contributed by atoms with Gasteiger partial charge in [0.05, 0.1) is 7.11 Å². The second kappa shape index (κ2) is 5.70. The molecule has 0 radical (unpaired) electrons. The topological polar surface area (TPSA) is 38.3 Å². The van der Waals surface area contributed by atoms with Crippen LogP contribution in [-0.4, -0.2) is 19.1 Å². The average Bonchev–Trinajstić information content (AvgIpc) is 3.08. The van der Waals surface area contributed by atoms with Crippen molar-refractivity contribution in [3.63, 3.8) is 0 Å². The Morgan fingerprint density at radius 3 is 2.85 bits per heavy atom. The number of nitrogens with one attached hydrogen (secondary N) is 1. The van der Waals surface area contributed by atoms with Crippen molar-refractivity contribution in [2.24, 2.45) is 11.8 Å². The third kappa shape index (κ3) is 2.72. The molecule has 20 heavy (non-hydrogen) atoms.